The number of likely N-dealkylation sites (tertiary alicyclic amines) is 1. The third-order valence-electron chi connectivity index (χ3n) is 5.27. The molecule has 4 rings (SSSR count). The number of H-pyrrole nitrogens is 1. The van der Waals surface area contributed by atoms with E-state index in [4.69, 9.17) is 14.7 Å². The van der Waals surface area contributed by atoms with E-state index in [1.165, 1.54) is 12.4 Å². The topological polar surface area (TPSA) is 112 Å². The van der Waals surface area contributed by atoms with Gasteiger partial charge < -0.3 is 14.8 Å². The minimum Gasteiger partial charge on any atom is -0.496 e. The smallest absolute Gasteiger partial charge is 0.158 e. The Hall–Kier alpha value is -3.64. The van der Waals surface area contributed by atoms with Gasteiger partial charge in [0.05, 0.1) is 25.2 Å². The van der Waals surface area contributed by atoms with Crippen LogP contribution in [-0.2, 0) is 0 Å². The fourth-order valence-electron chi connectivity index (χ4n) is 3.58. The summed E-state index contributed by atoms with van der Waals surface area (Å²) in [5.74, 6) is 2.57. The molecule has 9 heteroatoms. The van der Waals surface area contributed by atoms with E-state index in [2.05, 4.69) is 44.2 Å². The van der Waals surface area contributed by atoms with Crippen LogP contribution in [0, 0.1) is 11.3 Å². The molecule has 1 saturated heterocycles. The van der Waals surface area contributed by atoms with Crippen LogP contribution in [0.4, 0.5) is 11.6 Å². The average Bonchev–Trinajstić information content (AvgIpc) is 3.44. The second kappa shape index (κ2) is 9.02. The van der Waals surface area contributed by atoms with Crippen molar-refractivity contribution in [1.29, 1.82) is 5.26 Å². The molecule has 2 N–H and O–H groups in total. The summed E-state index contributed by atoms with van der Waals surface area (Å²) in [4.78, 5) is 10.6. The Labute approximate surface area is 181 Å². The molecule has 1 fully saturated rings. The zero-order valence-corrected chi connectivity index (χ0v) is 17.8. The Morgan fingerprint density at radius 2 is 2.10 bits per heavy atom. The lowest BCUT2D eigenvalue weighted by molar-refractivity contribution is 0.187. The summed E-state index contributed by atoms with van der Waals surface area (Å²) < 4.78 is 11.8. The summed E-state index contributed by atoms with van der Waals surface area (Å²) in [7, 11) is 1.64. The number of hydrogen-bond donors (Lipinski definition) is 2. The van der Waals surface area contributed by atoms with Crippen molar-refractivity contribution in [3.8, 4) is 28.8 Å². The molecule has 0 radical (unpaired) electrons. The highest BCUT2D eigenvalue weighted by Gasteiger charge is 2.25. The standard InChI is InChI=1S/C22H25N7O2/c1-14(2)29-7-6-17(13-29)31-16-4-5-18(20(8-16)30-3)19-9-21(28-27-19)26-22-12-24-15(10-23)11-25-22/h4-5,8-9,11-12,14,17H,6-7,13H2,1-3H3,(H2,25,26,27,28)/t17-/m0/s1. The first-order valence-electron chi connectivity index (χ1n) is 10.2. The van der Waals surface area contributed by atoms with E-state index in [0.29, 0.717) is 23.4 Å². The van der Waals surface area contributed by atoms with Gasteiger partial charge in [0.1, 0.15) is 29.5 Å². The van der Waals surface area contributed by atoms with Gasteiger partial charge in [-0.2, -0.15) is 10.4 Å². The third kappa shape index (κ3) is 4.75. The maximum atomic E-state index is 8.82. The molecule has 0 unspecified atom stereocenters. The number of methoxy groups -OCH3 is 1. The molecule has 3 aromatic rings. The molecule has 0 bridgehead atoms. The molecule has 1 aromatic carbocycles. The van der Waals surface area contributed by atoms with E-state index < -0.39 is 0 Å². The summed E-state index contributed by atoms with van der Waals surface area (Å²) in [5, 5.41) is 19.2. The maximum absolute atomic E-state index is 8.82. The van der Waals surface area contributed by atoms with Gasteiger partial charge >= 0.3 is 0 Å². The number of ether oxygens (including phenoxy) is 2. The Morgan fingerprint density at radius 3 is 2.77 bits per heavy atom. The molecule has 1 aliphatic rings. The van der Waals surface area contributed by atoms with Crippen LogP contribution in [0.15, 0.2) is 36.7 Å². The molecular weight excluding hydrogens is 394 g/mol. The van der Waals surface area contributed by atoms with E-state index >= 15 is 0 Å². The lowest BCUT2D eigenvalue weighted by Crippen LogP contribution is -2.30. The van der Waals surface area contributed by atoms with Gasteiger partial charge in [-0.15, -0.1) is 0 Å². The molecule has 160 valence electrons. The Balaban J connectivity index is 1.46. The number of rotatable bonds is 7. The highest BCUT2D eigenvalue weighted by atomic mass is 16.5. The van der Waals surface area contributed by atoms with Crippen LogP contribution < -0.4 is 14.8 Å². The largest absolute Gasteiger partial charge is 0.496 e. The normalized spacial score (nSPS) is 16.3. The molecule has 31 heavy (non-hydrogen) atoms. The predicted octanol–water partition coefficient (Wildman–Crippen LogP) is 3.35. The molecule has 0 aliphatic carbocycles. The summed E-state index contributed by atoms with van der Waals surface area (Å²) in [6.07, 6.45) is 4.11. The van der Waals surface area contributed by atoms with Crippen LogP contribution in [0.5, 0.6) is 11.5 Å². The van der Waals surface area contributed by atoms with Gasteiger partial charge in [0.15, 0.2) is 11.5 Å². The molecule has 1 atom stereocenters. The van der Waals surface area contributed by atoms with Crippen LogP contribution in [0.1, 0.15) is 26.0 Å². The molecule has 3 heterocycles. The second-order valence-corrected chi connectivity index (χ2v) is 7.67. The highest BCUT2D eigenvalue weighted by molar-refractivity contribution is 5.71. The summed E-state index contributed by atoms with van der Waals surface area (Å²) in [6.45, 7) is 6.42. The van der Waals surface area contributed by atoms with Crippen molar-refractivity contribution in [1.82, 2.24) is 25.1 Å². The highest BCUT2D eigenvalue weighted by Crippen LogP contribution is 2.34. The van der Waals surface area contributed by atoms with Crippen molar-refractivity contribution in [3.63, 3.8) is 0 Å². The minimum atomic E-state index is 0.189. The lowest BCUT2D eigenvalue weighted by atomic mass is 10.1. The molecule has 0 spiro atoms. The van der Waals surface area contributed by atoms with Crippen molar-refractivity contribution < 1.29 is 9.47 Å². The van der Waals surface area contributed by atoms with Crippen LogP contribution in [0.3, 0.4) is 0 Å². The Kier molecular flexibility index (Phi) is 6.00. The van der Waals surface area contributed by atoms with Crippen molar-refractivity contribution in [2.75, 3.05) is 25.5 Å². The van der Waals surface area contributed by atoms with E-state index in [1.54, 1.807) is 7.11 Å². The maximum Gasteiger partial charge on any atom is 0.158 e. The number of aromatic nitrogens is 4. The summed E-state index contributed by atoms with van der Waals surface area (Å²) >= 11 is 0. The van der Waals surface area contributed by atoms with Gasteiger partial charge in [0.2, 0.25) is 0 Å². The van der Waals surface area contributed by atoms with Gasteiger partial charge in [0.25, 0.3) is 0 Å². The van der Waals surface area contributed by atoms with Crippen molar-refractivity contribution >= 4 is 11.6 Å². The van der Waals surface area contributed by atoms with Gasteiger partial charge in [-0.3, -0.25) is 10.00 Å². The van der Waals surface area contributed by atoms with Gasteiger partial charge in [-0.25, -0.2) is 9.97 Å². The number of nitrogens with one attached hydrogen (secondary N) is 2. The molecule has 9 nitrogen and oxygen atoms in total. The monoisotopic (exact) mass is 419 g/mol. The average molecular weight is 419 g/mol. The van der Waals surface area contributed by atoms with Gasteiger partial charge in [0, 0.05) is 36.8 Å². The molecular formula is C22H25N7O2. The zero-order valence-electron chi connectivity index (χ0n) is 17.8. The number of nitrogens with zero attached hydrogens (tertiary/aromatic N) is 5. The number of hydrogen-bond acceptors (Lipinski definition) is 8. The van der Waals surface area contributed by atoms with Crippen LogP contribution in [0.2, 0.25) is 0 Å². The number of benzene rings is 1. The zero-order chi connectivity index (χ0) is 21.8. The van der Waals surface area contributed by atoms with Crippen molar-refractivity contribution in [2.24, 2.45) is 0 Å². The van der Waals surface area contributed by atoms with Crippen molar-refractivity contribution in [2.45, 2.75) is 32.4 Å². The fraction of sp³-hybridized carbons (Fsp3) is 0.364. The van der Waals surface area contributed by atoms with Crippen molar-refractivity contribution in [3.05, 3.63) is 42.4 Å². The number of anilines is 2. The van der Waals surface area contributed by atoms with E-state index in [1.807, 2.05) is 30.3 Å². The van der Waals surface area contributed by atoms with E-state index in [-0.39, 0.29) is 11.8 Å². The minimum absolute atomic E-state index is 0.189. The first-order valence-corrected chi connectivity index (χ1v) is 10.2. The Bertz CT molecular complexity index is 1070. The predicted molar refractivity (Wildman–Crippen MR) is 116 cm³/mol. The molecule has 0 amide bonds. The first kappa shape index (κ1) is 20.6. The second-order valence-electron chi connectivity index (χ2n) is 7.67. The van der Waals surface area contributed by atoms with Crippen LogP contribution in [-0.4, -0.2) is 57.4 Å². The Morgan fingerprint density at radius 1 is 1.23 bits per heavy atom. The lowest BCUT2D eigenvalue weighted by Gasteiger charge is -2.20. The number of aromatic amines is 1. The summed E-state index contributed by atoms with van der Waals surface area (Å²) in [5.41, 5.74) is 1.92. The quantitative estimate of drug-likeness (QED) is 0.600. The summed E-state index contributed by atoms with van der Waals surface area (Å²) in [6, 6.07) is 10.2. The van der Waals surface area contributed by atoms with Gasteiger partial charge in [-0.05, 0) is 32.4 Å². The SMILES string of the molecule is COc1cc(O[C@H]2CCN(C(C)C)C2)ccc1-c1cc(Nc2cnc(C#N)cn2)n[nH]1. The van der Waals surface area contributed by atoms with E-state index in [0.717, 1.165) is 36.5 Å². The number of nitriles is 1. The van der Waals surface area contributed by atoms with Gasteiger partial charge in [-0.1, -0.05) is 0 Å². The van der Waals surface area contributed by atoms with Crippen LogP contribution >= 0.6 is 0 Å². The first-order chi connectivity index (χ1) is 15.1. The third-order valence-corrected chi connectivity index (χ3v) is 5.27. The molecule has 0 saturated carbocycles. The molecule has 1 aliphatic heterocycles. The fourth-order valence-corrected chi connectivity index (χ4v) is 3.58. The molecule has 2 aromatic heterocycles. The van der Waals surface area contributed by atoms with E-state index in [9.17, 15) is 0 Å². The van der Waals surface area contributed by atoms with Crippen LogP contribution in [0.25, 0.3) is 11.3 Å².